The standard InChI is InChI=1S/C14H20N2O2/c17-9-7-11-3-5-13(6-4-11)16-14(18)12-2-1-8-15-10-12/h3-6,12,15,17H,1-2,7-10H2,(H,16,18)/t12-/m0/s1. The highest BCUT2D eigenvalue weighted by Crippen LogP contribution is 2.15. The number of carbonyl (C=O) groups is 1. The van der Waals surface area contributed by atoms with E-state index in [0.29, 0.717) is 6.42 Å². The van der Waals surface area contributed by atoms with Gasteiger partial charge in [0.1, 0.15) is 0 Å². The molecular formula is C14H20N2O2. The molecule has 1 aliphatic heterocycles. The summed E-state index contributed by atoms with van der Waals surface area (Å²) < 4.78 is 0. The van der Waals surface area contributed by atoms with E-state index in [4.69, 9.17) is 5.11 Å². The number of carbonyl (C=O) groups excluding carboxylic acids is 1. The minimum Gasteiger partial charge on any atom is -0.396 e. The maximum atomic E-state index is 12.0. The molecule has 4 nitrogen and oxygen atoms in total. The van der Waals surface area contributed by atoms with Crippen LogP contribution in [0.1, 0.15) is 18.4 Å². The molecule has 2 rings (SSSR count). The topological polar surface area (TPSA) is 61.4 Å². The smallest absolute Gasteiger partial charge is 0.228 e. The lowest BCUT2D eigenvalue weighted by molar-refractivity contribution is -0.120. The van der Waals surface area contributed by atoms with E-state index in [9.17, 15) is 4.79 Å². The molecule has 98 valence electrons. The Morgan fingerprint density at radius 2 is 2.17 bits per heavy atom. The second kappa shape index (κ2) is 6.52. The molecule has 1 saturated heterocycles. The lowest BCUT2D eigenvalue weighted by atomic mass is 9.99. The fourth-order valence-electron chi connectivity index (χ4n) is 2.20. The molecule has 0 unspecified atom stereocenters. The first-order valence-corrected chi connectivity index (χ1v) is 6.51. The molecule has 1 fully saturated rings. The molecule has 0 radical (unpaired) electrons. The number of aliphatic hydroxyl groups excluding tert-OH is 1. The summed E-state index contributed by atoms with van der Waals surface area (Å²) in [5.74, 6) is 0.174. The van der Waals surface area contributed by atoms with Crippen molar-refractivity contribution in [2.45, 2.75) is 19.3 Å². The molecule has 0 saturated carbocycles. The summed E-state index contributed by atoms with van der Waals surface area (Å²) in [5, 5.41) is 15.0. The number of nitrogens with one attached hydrogen (secondary N) is 2. The molecule has 3 N–H and O–H groups in total. The lowest BCUT2D eigenvalue weighted by Crippen LogP contribution is -2.37. The first-order valence-electron chi connectivity index (χ1n) is 6.51. The van der Waals surface area contributed by atoms with Crippen molar-refractivity contribution in [3.8, 4) is 0 Å². The quantitative estimate of drug-likeness (QED) is 0.749. The number of piperidine rings is 1. The van der Waals surface area contributed by atoms with E-state index in [0.717, 1.165) is 37.2 Å². The molecule has 0 bridgehead atoms. The van der Waals surface area contributed by atoms with Crippen molar-refractivity contribution in [3.05, 3.63) is 29.8 Å². The van der Waals surface area contributed by atoms with Crippen molar-refractivity contribution in [1.29, 1.82) is 0 Å². The average Bonchev–Trinajstić information content (AvgIpc) is 2.42. The first kappa shape index (κ1) is 13.1. The Labute approximate surface area is 107 Å². The summed E-state index contributed by atoms with van der Waals surface area (Å²) in [4.78, 5) is 12.0. The van der Waals surface area contributed by atoms with E-state index in [1.807, 2.05) is 24.3 Å². The van der Waals surface area contributed by atoms with Crippen molar-refractivity contribution < 1.29 is 9.90 Å². The highest BCUT2D eigenvalue weighted by molar-refractivity contribution is 5.92. The Morgan fingerprint density at radius 1 is 1.39 bits per heavy atom. The third-order valence-corrected chi connectivity index (χ3v) is 3.29. The number of aliphatic hydroxyl groups is 1. The summed E-state index contributed by atoms with van der Waals surface area (Å²) in [6, 6.07) is 7.65. The van der Waals surface area contributed by atoms with Crippen LogP contribution in [-0.4, -0.2) is 30.7 Å². The van der Waals surface area contributed by atoms with E-state index >= 15 is 0 Å². The summed E-state index contributed by atoms with van der Waals surface area (Å²) in [5.41, 5.74) is 1.90. The van der Waals surface area contributed by atoms with E-state index in [1.54, 1.807) is 0 Å². The lowest BCUT2D eigenvalue weighted by Gasteiger charge is -2.21. The molecule has 1 aromatic carbocycles. The van der Waals surface area contributed by atoms with Gasteiger partial charge >= 0.3 is 0 Å². The predicted octanol–water partition coefficient (Wildman–Crippen LogP) is 1.16. The third kappa shape index (κ3) is 3.55. The van der Waals surface area contributed by atoms with E-state index < -0.39 is 0 Å². The van der Waals surface area contributed by atoms with Gasteiger partial charge in [-0.1, -0.05) is 12.1 Å². The average molecular weight is 248 g/mol. The minimum atomic E-state index is 0.0795. The van der Waals surface area contributed by atoms with E-state index in [-0.39, 0.29) is 18.4 Å². The molecule has 1 heterocycles. The van der Waals surface area contributed by atoms with E-state index in [2.05, 4.69) is 10.6 Å². The molecule has 18 heavy (non-hydrogen) atoms. The largest absolute Gasteiger partial charge is 0.396 e. The zero-order chi connectivity index (χ0) is 12.8. The van der Waals surface area contributed by atoms with Crippen LogP contribution < -0.4 is 10.6 Å². The monoisotopic (exact) mass is 248 g/mol. The summed E-state index contributed by atoms with van der Waals surface area (Å²) in [6.07, 6.45) is 2.68. The Kier molecular flexibility index (Phi) is 4.73. The van der Waals surface area contributed by atoms with Crippen LogP contribution in [0.3, 0.4) is 0 Å². The molecule has 0 aliphatic carbocycles. The fourth-order valence-corrected chi connectivity index (χ4v) is 2.20. The van der Waals surface area contributed by atoms with Crippen LogP contribution in [0.5, 0.6) is 0 Å². The molecule has 1 aromatic rings. The Morgan fingerprint density at radius 3 is 2.78 bits per heavy atom. The van der Waals surface area contributed by atoms with E-state index in [1.165, 1.54) is 0 Å². The highest BCUT2D eigenvalue weighted by Gasteiger charge is 2.20. The number of rotatable bonds is 4. The van der Waals surface area contributed by atoms with Gasteiger partial charge in [-0.2, -0.15) is 0 Å². The van der Waals surface area contributed by atoms with Gasteiger partial charge in [0.25, 0.3) is 0 Å². The van der Waals surface area contributed by atoms with Crippen LogP contribution in [-0.2, 0) is 11.2 Å². The van der Waals surface area contributed by atoms with Crippen LogP contribution in [0.25, 0.3) is 0 Å². The molecule has 4 heteroatoms. The summed E-state index contributed by atoms with van der Waals surface area (Å²) in [6.45, 7) is 1.94. The predicted molar refractivity (Wildman–Crippen MR) is 71.5 cm³/mol. The summed E-state index contributed by atoms with van der Waals surface area (Å²) >= 11 is 0. The molecule has 1 amide bonds. The minimum absolute atomic E-state index is 0.0795. The van der Waals surface area contributed by atoms with Crippen LogP contribution in [0.15, 0.2) is 24.3 Å². The number of benzene rings is 1. The van der Waals surface area contributed by atoms with Gasteiger partial charge in [0.05, 0.1) is 5.92 Å². The van der Waals surface area contributed by atoms with Crippen LogP contribution in [0.4, 0.5) is 5.69 Å². The van der Waals surface area contributed by atoms with Gasteiger partial charge < -0.3 is 15.7 Å². The number of amides is 1. The summed E-state index contributed by atoms with van der Waals surface area (Å²) in [7, 11) is 0. The third-order valence-electron chi connectivity index (χ3n) is 3.29. The second-order valence-corrected chi connectivity index (χ2v) is 4.70. The van der Waals surface area contributed by atoms with Crippen LogP contribution >= 0.6 is 0 Å². The van der Waals surface area contributed by atoms with Gasteiger partial charge in [-0.05, 0) is 43.5 Å². The zero-order valence-electron chi connectivity index (χ0n) is 10.5. The fraction of sp³-hybridized carbons (Fsp3) is 0.500. The van der Waals surface area contributed by atoms with Crippen LogP contribution in [0.2, 0.25) is 0 Å². The first-order chi connectivity index (χ1) is 8.79. The molecule has 1 aliphatic rings. The SMILES string of the molecule is O=C(Nc1ccc(CCO)cc1)[C@H]1CCCNC1. The number of hydrogen-bond donors (Lipinski definition) is 3. The second-order valence-electron chi connectivity index (χ2n) is 4.70. The normalized spacial score (nSPS) is 19.5. The number of hydrogen-bond acceptors (Lipinski definition) is 3. The van der Waals surface area contributed by atoms with Gasteiger partial charge in [0, 0.05) is 18.8 Å². The van der Waals surface area contributed by atoms with Crippen LogP contribution in [0, 0.1) is 5.92 Å². The Balaban J connectivity index is 1.89. The highest BCUT2D eigenvalue weighted by atomic mass is 16.2. The number of anilines is 1. The van der Waals surface area contributed by atoms with Crippen molar-refractivity contribution in [3.63, 3.8) is 0 Å². The van der Waals surface area contributed by atoms with Crippen molar-refractivity contribution in [2.24, 2.45) is 5.92 Å². The van der Waals surface area contributed by atoms with Crippen molar-refractivity contribution in [2.75, 3.05) is 25.0 Å². The molecule has 0 aromatic heterocycles. The zero-order valence-corrected chi connectivity index (χ0v) is 10.5. The molecular weight excluding hydrogens is 228 g/mol. The van der Waals surface area contributed by atoms with Crippen molar-refractivity contribution in [1.82, 2.24) is 5.32 Å². The molecule has 0 spiro atoms. The van der Waals surface area contributed by atoms with Gasteiger partial charge in [-0.15, -0.1) is 0 Å². The Hall–Kier alpha value is -1.39. The van der Waals surface area contributed by atoms with Crippen molar-refractivity contribution >= 4 is 11.6 Å². The van der Waals surface area contributed by atoms with Gasteiger partial charge in [0.2, 0.25) is 5.91 Å². The van der Waals surface area contributed by atoms with Gasteiger partial charge in [-0.3, -0.25) is 4.79 Å². The Bertz CT molecular complexity index is 383. The maximum Gasteiger partial charge on any atom is 0.228 e. The maximum absolute atomic E-state index is 12.0. The van der Waals surface area contributed by atoms with Gasteiger partial charge in [0.15, 0.2) is 0 Å². The molecule has 1 atom stereocenters. The van der Waals surface area contributed by atoms with Gasteiger partial charge in [-0.25, -0.2) is 0 Å².